The van der Waals surface area contributed by atoms with Crippen LogP contribution in [0.3, 0.4) is 0 Å². The highest BCUT2D eigenvalue weighted by Crippen LogP contribution is 2.20. The molecule has 0 radical (unpaired) electrons. The van der Waals surface area contributed by atoms with Gasteiger partial charge in [0.2, 0.25) is 0 Å². The molecule has 0 aliphatic rings. The zero-order valence-corrected chi connectivity index (χ0v) is 10.1. The van der Waals surface area contributed by atoms with E-state index >= 15 is 0 Å². The molecule has 1 aromatic rings. The van der Waals surface area contributed by atoms with Crippen molar-refractivity contribution in [2.24, 2.45) is 0 Å². The number of hydrogen-bond donors (Lipinski definition) is 0. The van der Waals surface area contributed by atoms with E-state index in [9.17, 15) is 9.59 Å². The molecule has 0 bridgehead atoms. The maximum Gasteiger partial charge on any atom is 0.339 e. The molecule has 4 heteroatoms. The van der Waals surface area contributed by atoms with Crippen LogP contribution in [0.4, 0.5) is 0 Å². The molecule has 0 saturated heterocycles. The molecule has 0 saturated carbocycles. The van der Waals surface area contributed by atoms with Gasteiger partial charge in [-0.05, 0) is 33.8 Å². The van der Waals surface area contributed by atoms with Crippen LogP contribution in [0.2, 0.25) is 0 Å². The van der Waals surface area contributed by atoms with Gasteiger partial charge in [-0.25, -0.2) is 4.79 Å². The summed E-state index contributed by atoms with van der Waals surface area (Å²) in [6, 6.07) is 1.73. The predicted molar refractivity (Wildman–Crippen MR) is 60.9 cm³/mol. The van der Waals surface area contributed by atoms with Crippen molar-refractivity contribution in [3.8, 4) is 0 Å². The second kappa shape index (κ2) is 4.96. The third-order valence-electron chi connectivity index (χ3n) is 2.45. The first kappa shape index (κ1) is 12.5. The van der Waals surface area contributed by atoms with E-state index in [4.69, 9.17) is 4.74 Å². The molecule has 0 unspecified atom stereocenters. The zero-order chi connectivity index (χ0) is 12.3. The third kappa shape index (κ3) is 2.15. The largest absolute Gasteiger partial charge is 0.462 e. The van der Waals surface area contributed by atoms with Gasteiger partial charge in [-0.1, -0.05) is 0 Å². The maximum absolute atomic E-state index is 11.6. The molecule has 0 fully saturated rings. The van der Waals surface area contributed by atoms with Crippen molar-refractivity contribution in [3.63, 3.8) is 0 Å². The lowest BCUT2D eigenvalue weighted by molar-refractivity contribution is 0.0525. The Morgan fingerprint density at radius 2 is 2.19 bits per heavy atom. The number of esters is 1. The Morgan fingerprint density at radius 3 is 2.56 bits per heavy atom. The predicted octanol–water partition coefficient (Wildman–Crippen LogP) is 2.37. The summed E-state index contributed by atoms with van der Waals surface area (Å²) in [6.45, 7) is 7.85. The van der Waals surface area contributed by atoms with Crippen molar-refractivity contribution in [2.45, 2.75) is 33.7 Å². The summed E-state index contributed by atoms with van der Waals surface area (Å²) in [5, 5.41) is 0. The highest BCUT2D eigenvalue weighted by molar-refractivity contribution is 5.93. The Kier molecular flexibility index (Phi) is 3.88. The van der Waals surface area contributed by atoms with Crippen LogP contribution in [0.1, 0.15) is 53.4 Å². The molecule has 1 heterocycles. The van der Waals surface area contributed by atoms with Gasteiger partial charge in [0.1, 0.15) is 0 Å². The fraction of sp³-hybridized carbons (Fsp3) is 0.500. The molecule has 0 atom stereocenters. The lowest BCUT2D eigenvalue weighted by Gasteiger charge is -2.12. The Hall–Kier alpha value is -1.58. The molecule has 0 N–H and O–H groups in total. The first-order chi connectivity index (χ1) is 7.52. The Labute approximate surface area is 95.2 Å². The van der Waals surface area contributed by atoms with Gasteiger partial charge >= 0.3 is 5.97 Å². The van der Waals surface area contributed by atoms with Crippen LogP contribution in [0, 0.1) is 6.92 Å². The van der Waals surface area contributed by atoms with Crippen LogP contribution in [-0.2, 0) is 4.74 Å². The van der Waals surface area contributed by atoms with Crippen LogP contribution in [0.25, 0.3) is 0 Å². The molecule has 0 aromatic carbocycles. The molecule has 0 amide bonds. The van der Waals surface area contributed by atoms with Crippen LogP contribution >= 0.6 is 0 Å². The second-order valence-corrected chi connectivity index (χ2v) is 3.87. The van der Waals surface area contributed by atoms with Crippen LogP contribution in [0.15, 0.2) is 6.07 Å². The maximum atomic E-state index is 11.6. The summed E-state index contributed by atoms with van der Waals surface area (Å²) in [6.07, 6.45) is 0.760. The van der Waals surface area contributed by atoms with E-state index in [0.717, 1.165) is 12.0 Å². The fourth-order valence-electron chi connectivity index (χ4n) is 1.84. The number of nitrogens with zero attached hydrogens (tertiary/aromatic N) is 1. The van der Waals surface area contributed by atoms with Crippen LogP contribution in [0.5, 0.6) is 0 Å². The minimum absolute atomic E-state index is 0.142. The summed E-state index contributed by atoms with van der Waals surface area (Å²) in [5.74, 6) is -0.373. The molecular weight excluding hydrogens is 206 g/mol. The molecule has 1 rings (SSSR count). The molecule has 0 aliphatic heterocycles. The quantitative estimate of drug-likeness (QED) is 0.581. The lowest BCUT2D eigenvalue weighted by atomic mass is 10.2. The van der Waals surface area contributed by atoms with E-state index in [2.05, 4.69) is 0 Å². The third-order valence-corrected chi connectivity index (χ3v) is 2.45. The van der Waals surface area contributed by atoms with E-state index in [-0.39, 0.29) is 12.0 Å². The van der Waals surface area contributed by atoms with Gasteiger partial charge in [-0.15, -0.1) is 0 Å². The monoisotopic (exact) mass is 223 g/mol. The summed E-state index contributed by atoms with van der Waals surface area (Å²) in [7, 11) is 0. The van der Waals surface area contributed by atoms with Crippen molar-refractivity contribution < 1.29 is 14.3 Å². The minimum Gasteiger partial charge on any atom is -0.462 e. The van der Waals surface area contributed by atoms with Crippen molar-refractivity contribution in [2.75, 3.05) is 6.61 Å². The Balaban J connectivity index is 3.23. The average molecular weight is 223 g/mol. The van der Waals surface area contributed by atoms with Gasteiger partial charge in [0, 0.05) is 11.7 Å². The number of hydrogen-bond acceptors (Lipinski definition) is 3. The summed E-state index contributed by atoms with van der Waals surface area (Å²) < 4.78 is 6.77. The fourth-order valence-corrected chi connectivity index (χ4v) is 1.84. The Morgan fingerprint density at radius 1 is 1.56 bits per heavy atom. The van der Waals surface area contributed by atoms with E-state index < -0.39 is 0 Å². The molecule has 1 aromatic heterocycles. The standard InChI is InChI=1S/C12H17NO3/c1-5-16-12(15)11-6-10(7-14)13(8(2)3)9(11)4/h6-8H,5H2,1-4H3. The number of carbonyl (C=O) groups excluding carboxylic acids is 2. The average Bonchev–Trinajstić information content (AvgIpc) is 2.55. The van der Waals surface area contributed by atoms with Gasteiger partial charge in [-0.3, -0.25) is 4.79 Å². The highest BCUT2D eigenvalue weighted by atomic mass is 16.5. The van der Waals surface area contributed by atoms with Crippen molar-refractivity contribution in [3.05, 3.63) is 23.0 Å². The first-order valence-corrected chi connectivity index (χ1v) is 5.37. The van der Waals surface area contributed by atoms with Gasteiger partial charge in [0.25, 0.3) is 0 Å². The SMILES string of the molecule is CCOC(=O)c1cc(C=O)n(C(C)C)c1C. The summed E-state index contributed by atoms with van der Waals surface area (Å²) >= 11 is 0. The van der Waals surface area contributed by atoms with Crippen LogP contribution < -0.4 is 0 Å². The normalized spacial score (nSPS) is 10.6. The first-order valence-electron chi connectivity index (χ1n) is 5.37. The number of aromatic nitrogens is 1. The molecule has 4 nitrogen and oxygen atoms in total. The summed E-state index contributed by atoms with van der Waals surface area (Å²) in [4.78, 5) is 22.5. The Bertz CT molecular complexity index is 405. The van der Waals surface area contributed by atoms with Crippen molar-refractivity contribution in [1.82, 2.24) is 4.57 Å². The molecule has 16 heavy (non-hydrogen) atoms. The van der Waals surface area contributed by atoms with Gasteiger partial charge in [-0.2, -0.15) is 0 Å². The number of carbonyl (C=O) groups is 2. The molecule has 0 spiro atoms. The van der Waals surface area contributed by atoms with Gasteiger partial charge < -0.3 is 9.30 Å². The summed E-state index contributed by atoms with van der Waals surface area (Å²) in [5.41, 5.74) is 1.75. The zero-order valence-electron chi connectivity index (χ0n) is 10.1. The smallest absolute Gasteiger partial charge is 0.339 e. The van der Waals surface area contributed by atoms with Gasteiger partial charge in [0.05, 0.1) is 17.9 Å². The van der Waals surface area contributed by atoms with E-state index in [1.807, 2.05) is 25.3 Å². The van der Waals surface area contributed by atoms with Crippen molar-refractivity contribution >= 4 is 12.3 Å². The molecule has 0 aliphatic carbocycles. The lowest BCUT2D eigenvalue weighted by Crippen LogP contribution is -2.09. The molecule has 88 valence electrons. The number of ether oxygens (including phenoxy) is 1. The topological polar surface area (TPSA) is 48.3 Å². The van der Waals surface area contributed by atoms with E-state index in [1.165, 1.54) is 0 Å². The van der Waals surface area contributed by atoms with E-state index in [0.29, 0.717) is 17.9 Å². The minimum atomic E-state index is -0.373. The van der Waals surface area contributed by atoms with E-state index in [1.54, 1.807) is 13.0 Å². The van der Waals surface area contributed by atoms with Crippen molar-refractivity contribution in [1.29, 1.82) is 0 Å². The second-order valence-electron chi connectivity index (χ2n) is 3.87. The van der Waals surface area contributed by atoms with Crippen LogP contribution in [-0.4, -0.2) is 23.4 Å². The highest BCUT2D eigenvalue weighted by Gasteiger charge is 2.19. The molecular formula is C12H17NO3. The number of rotatable bonds is 4. The number of aldehydes is 1. The van der Waals surface area contributed by atoms with Gasteiger partial charge in [0.15, 0.2) is 6.29 Å².